The van der Waals surface area contributed by atoms with Crippen molar-refractivity contribution in [2.24, 2.45) is 5.92 Å². The van der Waals surface area contributed by atoms with Gasteiger partial charge in [0.15, 0.2) is 0 Å². The average Bonchev–Trinajstić information content (AvgIpc) is 3.15. The highest BCUT2D eigenvalue weighted by atomic mass is 19.1. The molecule has 0 aliphatic carbocycles. The molecule has 2 saturated heterocycles. The van der Waals surface area contributed by atoms with Crippen molar-refractivity contribution in [1.82, 2.24) is 15.3 Å². The van der Waals surface area contributed by atoms with Crippen molar-refractivity contribution in [2.75, 3.05) is 42.6 Å². The molecule has 0 spiro atoms. The van der Waals surface area contributed by atoms with Crippen LogP contribution >= 0.6 is 0 Å². The van der Waals surface area contributed by atoms with E-state index in [1.54, 1.807) is 18.3 Å². The number of rotatable bonds is 5. The molecule has 8 nitrogen and oxygen atoms in total. The molecule has 29 heavy (non-hydrogen) atoms. The fourth-order valence-corrected chi connectivity index (χ4v) is 3.51. The SMILES string of the molecule is O=C(NCc1nccc(N2CCOCC2)n1)C1CC(=O)N(c2ccc(F)cc2)C1. The van der Waals surface area contributed by atoms with E-state index in [-0.39, 0.29) is 37.1 Å². The summed E-state index contributed by atoms with van der Waals surface area (Å²) < 4.78 is 18.4. The van der Waals surface area contributed by atoms with Gasteiger partial charge in [-0.25, -0.2) is 14.4 Å². The van der Waals surface area contributed by atoms with E-state index in [1.165, 1.54) is 17.0 Å². The third-order valence-corrected chi connectivity index (χ3v) is 5.08. The van der Waals surface area contributed by atoms with E-state index in [1.807, 2.05) is 6.07 Å². The first-order chi connectivity index (χ1) is 14.1. The second-order valence-corrected chi connectivity index (χ2v) is 7.03. The maximum atomic E-state index is 13.1. The Hall–Kier alpha value is -3.07. The van der Waals surface area contributed by atoms with Crippen molar-refractivity contribution >= 4 is 23.3 Å². The minimum absolute atomic E-state index is 0.123. The fourth-order valence-electron chi connectivity index (χ4n) is 3.51. The van der Waals surface area contributed by atoms with E-state index in [4.69, 9.17) is 4.74 Å². The molecule has 1 N–H and O–H groups in total. The third kappa shape index (κ3) is 4.51. The summed E-state index contributed by atoms with van der Waals surface area (Å²) in [6.45, 7) is 3.33. The van der Waals surface area contributed by atoms with Gasteiger partial charge in [-0.1, -0.05) is 0 Å². The van der Waals surface area contributed by atoms with Crippen molar-refractivity contribution < 1.29 is 18.7 Å². The third-order valence-electron chi connectivity index (χ3n) is 5.08. The summed E-state index contributed by atoms with van der Waals surface area (Å²) in [5, 5.41) is 2.83. The molecule has 0 bridgehead atoms. The number of anilines is 2. The molecule has 1 aromatic heterocycles. The van der Waals surface area contributed by atoms with Crippen LogP contribution in [0.4, 0.5) is 15.9 Å². The van der Waals surface area contributed by atoms with Crippen molar-refractivity contribution in [2.45, 2.75) is 13.0 Å². The van der Waals surface area contributed by atoms with Gasteiger partial charge in [0.2, 0.25) is 11.8 Å². The Labute approximate surface area is 167 Å². The highest BCUT2D eigenvalue weighted by Crippen LogP contribution is 2.25. The molecule has 2 aliphatic heterocycles. The normalized spacial score (nSPS) is 19.5. The Morgan fingerprint density at radius 3 is 2.72 bits per heavy atom. The van der Waals surface area contributed by atoms with Crippen LogP contribution in [0.3, 0.4) is 0 Å². The summed E-state index contributed by atoms with van der Waals surface area (Å²) in [6.07, 6.45) is 1.80. The van der Waals surface area contributed by atoms with Crippen LogP contribution in [0.2, 0.25) is 0 Å². The van der Waals surface area contributed by atoms with Gasteiger partial charge in [0.05, 0.1) is 25.7 Å². The lowest BCUT2D eigenvalue weighted by atomic mass is 10.1. The largest absolute Gasteiger partial charge is 0.378 e. The van der Waals surface area contributed by atoms with Crippen LogP contribution < -0.4 is 15.1 Å². The van der Waals surface area contributed by atoms with Gasteiger partial charge < -0.3 is 19.9 Å². The van der Waals surface area contributed by atoms with E-state index in [9.17, 15) is 14.0 Å². The van der Waals surface area contributed by atoms with Gasteiger partial charge in [-0.3, -0.25) is 9.59 Å². The highest BCUT2D eigenvalue weighted by molar-refractivity contribution is 6.00. The van der Waals surface area contributed by atoms with Gasteiger partial charge in [-0.05, 0) is 30.3 Å². The van der Waals surface area contributed by atoms with E-state index < -0.39 is 5.92 Å². The Balaban J connectivity index is 1.34. The molecule has 4 rings (SSSR count). The first-order valence-corrected chi connectivity index (χ1v) is 9.58. The van der Waals surface area contributed by atoms with Crippen LogP contribution in [0, 0.1) is 11.7 Å². The lowest BCUT2D eigenvalue weighted by Crippen LogP contribution is -2.37. The number of hydrogen-bond donors (Lipinski definition) is 1. The number of nitrogens with one attached hydrogen (secondary N) is 1. The molecule has 0 saturated carbocycles. The maximum Gasteiger partial charge on any atom is 0.227 e. The summed E-state index contributed by atoms with van der Waals surface area (Å²) in [7, 11) is 0. The maximum absolute atomic E-state index is 13.1. The first kappa shape index (κ1) is 19.3. The van der Waals surface area contributed by atoms with Gasteiger partial charge >= 0.3 is 0 Å². The monoisotopic (exact) mass is 399 g/mol. The molecule has 1 atom stereocenters. The molecule has 0 radical (unpaired) electrons. The molecular weight excluding hydrogens is 377 g/mol. The molecule has 1 aromatic carbocycles. The number of hydrogen-bond acceptors (Lipinski definition) is 6. The summed E-state index contributed by atoms with van der Waals surface area (Å²) in [5.41, 5.74) is 0.591. The lowest BCUT2D eigenvalue weighted by Gasteiger charge is -2.27. The number of aromatic nitrogens is 2. The fraction of sp³-hybridized carbons (Fsp3) is 0.400. The van der Waals surface area contributed by atoms with Crippen molar-refractivity contribution in [1.29, 1.82) is 0 Å². The zero-order valence-corrected chi connectivity index (χ0v) is 15.9. The molecular formula is C20H22FN5O3. The number of carbonyl (C=O) groups excluding carboxylic acids is 2. The average molecular weight is 399 g/mol. The van der Waals surface area contributed by atoms with E-state index in [2.05, 4.69) is 20.2 Å². The summed E-state index contributed by atoms with van der Waals surface area (Å²) >= 11 is 0. The molecule has 2 amide bonds. The van der Waals surface area contributed by atoms with Gasteiger partial charge in [0.25, 0.3) is 0 Å². The molecule has 152 valence electrons. The van der Waals surface area contributed by atoms with Crippen LogP contribution in [0.15, 0.2) is 36.5 Å². The van der Waals surface area contributed by atoms with E-state index in [0.29, 0.717) is 24.7 Å². The number of benzene rings is 1. The molecule has 3 heterocycles. The molecule has 2 aliphatic rings. The predicted octanol–water partition coefficient (Wildman–Crippen LogP) is 1.12. The number of carbonyl (C=O) groups is 2. The number of ether oxygens (including phenoxy) is 1. The van der Waals surface area contributed by atoms with Gasteiger partial charge in [0, 0.05) is 37.9 Å². The van der Waals surface area contributed by atoms with Gasteiger partial charge in [-0.2, -0.15) is 0 Å². The van der Waals surface area contributed by atoms with Crippen LogP contribution in [-0.4, -0.2) is 54.6 Å². The number of morpholine rings is 1. The van der Waals surface area contributed by atoms with Crippen LogP contribution in [0.1, 0.15) is 12.2 Å². The minimum Gasteiger partial charge on any atom is -0.378 e. The smallest absolute Gasteiger partial charge is 0.227 e. The Morgan fingerprint density at radius 2 is 1.97 bits per heavy atom. The second-order valence-electron chi connectivity index (χ2n) is 7.03. The standard InChI is InChI=1S/C20H22FN5O3/c21-15-1-3-16(4-2-15)26-13-14(11-19(26)27)20(28)23-12-17-22-6-5-18(24-17)25-7-9-29-10-8-25/h1-6,14H,7-13H2,(H,23,28). The zero-order chi connectivity index (χ0) is 20.2. The summed E-state index contributed by atoms with van der Waals surface area (Å²) in [5.74, 6) is 0.128. The van der Waals surface area contributed by atoms with Crippen molar-refractivity contribution in [3.8, 4) is 0 Å². The van der Waals surface area contributed by atoms with E-state index in [0.717, 1.165) is 18.9 Å². The van der Waals surface area contributed by atoms with E-state index >= 15 is 0 Å². The second kappa shape index (κ2) is 8.52. The topological polar surface area (TPSA) is 87.7 Å². The first-order valence-electron chi connectivity index (χ1n) is 9.58. The Bertz CT molecular complexity index is 886. The van der Waals surface area contributed by atoms with Crippen molar-refractivity contribution in [3.63, 3.8) is 0 Å². The predicted molar refractivity (Wildman–Crippen MR) is 104 cm³/mol. The lowest BCUT2D eigenvalue weighted by molar-refractivity contribution is -0.126. The molecule has 1 unspecified atom stereocenters. The zero-order valence-electron chi connectivity index (χ0n) is 15.9. The number of nitrogens with zero attached hydrogens (tertiary/aromatic N) is 4. The summed E-state index contributed by atoms with van der Waals surface area (Å²) in [6, 6.07) is 7.52. The number of amides is 2. The van der Waals surface area contributed by atoms with Crippen LogP contribution in [-0.2, 0) is 20.9 Å². The molecule has 2 aromatic rings. The number of halogens is 1. The Morgan fingerprint density at radius 1 is 1.21 bits per heavy atom. The van der Waals surface area contributed by atoms with Crippen LogP contribution in [0.25, 0.3) is 0 Å². The van der Waals surface area contributed by atoms with Crippen LogP contribution in [0.5, 0.6) is 0 Å². The quantitative estimate of drug-likeness (QED) is 0.811. The van der Waals surface area contributed by atoms with Gasteiger partial charge in [-0.15, -0.1) is 0 Å². The van der Waals surface area contributed by atoms with Crippen molar-refractivity contribution in [3.05, 3.63) is 48.2 Å². The van der Waals surface area contributed by atoms with Gasteiger partial charge in [0.1, 0.15) is 17.5 Å². The summed E-state index contributed by atoms with van der Waals surface area (Å²) in [4.78, 5) is 37.2. The molecule has 9 heteroatoms. The highest BCUT2D eigenvalue weighted by Gasteiger charge is 2.35. The minimum atomic E-state index is -0.463. The Kier molecular flexibility index (Phi) is 5.66. The molecule has 2 fully saturated rings.